The number of carboxylic acid groups (broad SMARTS) is 1. The molecule has 0 bridgehead atoms. The summed E-state index contributed by atoms with van der Waals surface area (Å²) in [5, 5.41) is 11.6. The molecular weight excluding hydrogens is 297 g/mol. The number of carboxylic acids is 1. The molecule has 2 aromatic rings. The molecule has 1 aromatic heterocycles. The van der Waals surface area contributed by atoms with Gasteiger partial charge in [0.25, 0.3) is 0 Å². The van der Waals surface area contributed by atoms with E-state index in [4.69, 9.17) is 9.52 Å². The summed E-state index contributed by atoms with van der Waals surface area (Å²) in [7, 11) is 0. The summed E-state index contributed by atoms with van der Waals surface area (Å²) in [5.74, 6) is -1.70. The minimum atomic E-state index is -1.14. The first-order chi connectivity index (χ1) is 10.1. The molecule has 1 amide bonds. The number of nitrogens with one attached hydrogen (secondary N) is 1. The van der Waals surface area contributed by atoms with E-state index in [0.717, 1.165) is 0 Å². The number of furan rings is 1. The van der Waals surface area contributed by atoms with Crippen LogP contribution in [0.5, 0.6) is 0 Å². The second-order valence-corrected chi connectivity index (χ2v) is 5.15. The van der Waals surface area contributed by atoms with Crippen LogP contribution in [-0.2, 0) is 4.79 Å². The van der Waals surface area contributed by atoms with Crippen molar-refractivity contribution in [1.29, 1.82) is 0 Å². The van der Waals surface area contributed by atoms with Gasteiger partial charge in [0.1, 0.15) is 5.82 Å². The average molecular weight is 309 g/mol. The molecular formula is C14H12FNO4S. The molecule has 0 aliphatic carbocycles. The van der Waals surface area contributed by atoms with Crippen molar-refractivity contribution in [2.24, 2.45) is 0 Å². The Kier molecular flexibility index (Phi) is 4.99. The van der Waals surface area contributed by atoms with E-state index >= 15 is 0 Å². The van der Waals surface area contributed by atoms with Crippen LogP contribution in [0, 0.1) is 5.82 Å². The topological polar surface area (TPSA) is 79.5 Å². The van der Waals surface area contributed by atoms with Crippen molar-refractivity contribution in [3.8, 4) is 0 Å². The molecule has 0 aliphatic rings. The van der Waals surface area contributed by atoms with Crippen LogP contribution in [0.1, 0.15) is 17.0 Å². The second-order valence-electron chi connectivity index (χ2n) is 4.05. The van der Waals surface area contributed by atoms with Gasteiger partial charge in [-0.05, 0) is 24.3 Å². The summed E-state index contributed by atoms with van der Waals surface area (Å²) in [4.78, 5) is 22.3. The van der Waals surface area contributed by atoms with Crippen LogP contribution in [0.4, 0.5) is 10.1 Å². The fourth-order valence-corrected chi connectivity index (χ4v) is 2.33. The van der Waals surface area contributed by atoms with Crippen LogP contribution in [0.15, 0.2) is 45.9 Å². The van der Waals surface area contributed by atoms with E-state index < -0.39 is 11.8 Å². The normalized spacial score (nSPS) is 10.3. The molecule has 2 N–H and O–H groups in total. The molecule has 1 aromatic carbocycles. The molecule has 7 heteroatoms. The van der Waals surface area contributed by atoms with E-state index in [2.05, 4.69) is 5.32 Å². The van der Waals surface area contributed by atoms with Gasteiger partial charge in [0.05, 0.1) is 5.69 Å². The van der Waals surface area contributed by atoms with E-state index in [9.17, 15) is 14.0 Å². The number of hydrogen-bond donors (Lipinski definition) is 2. The first-order valence-corrected chi connectivity index (χ1v) is 7.05. The Hall–Kier alpha value is -2.28. The summed E-state index contributed by atoms with van der Waals surface area (Å²) >= 11 is 1.22. The van der Waals surface area contributed by atoms with Crippen molar-refractivity contribution in [1.82, 2.24) is 0 Å². The molecule has 0 atom stereocenters. The molecule has 1 heterocycles. The van der Waals surface area contributed by atoms with Crippen LogP contribution in [0.2, 0.25) is 0 Å². The van der Waals surface area contributed by atoms with Crippen LogP contribution in [-0.4, -0.2) is 22.7 Å². The van der Waals surface area contributed by atoms with E-state index in [1.807, 2.05) is 0 Å². The number of carbonyl (C=O) groups excluding carboxylic acids is 1. The standard InChI is InChI=1S/C14H12FNO4S/c15-9-3-1-2-4-10(9)16-12(17)7-8-21-13-6-5-11(20-13)14(18)19/h1-6H,7-8H2,(H,16,17)(H,18,19). The lowest BCUT2D eigenvalue weighted by atomic mass is 10.3. The highest BCUT2D eigenvalue weighted by Gasteiger charge is 2.10. The third kappa shape index (κ3) is 4.35. The molecule has 0 saturated heterocycles. The third-order valence-electron chi connectivity index (χ3n) is 2.51. The van der Waals surface area contributed by atoms with Crippen LogP contribution >= 0.6 is 11.8 Å². The van der Waals surface area contributed by atoms with E-state index in [-0.39, 0.29) is 23.8 Å². The fourth-order valence-electron chi connectivity index (χ4n) is 1.53. The van der Waals surface area contributed by atoms with Gasteiger partial charge in [0.2, 0.25) is 11.7 Å². The molecule has 0 radical (unpaired) electrons. The Morgan fingerprint density at radius 2 is 2.00 bits per heavy atom. The Labute approximate surface area is 124 Å². The van der Waals surface area contributed by atoms with Crippen LogP contribution in [0.3, 0.4) is 0 Å². The zero-order valence-electron chi connectivity index (χ0n) is 10.8. The van der Waals surface area contributed by atoms with Gasteiger partial charge in [-0.3, -0.25) is 4.79 Å². The number of para-hydroxylation sites is 1. The first-order valence-electron chi connectivity index (χ1n) is 6.06. The van der Waals surface area contributed by atoms with Crippen LogP contribution < -0.4 is 5.32 Å². The van der Waals surface area contributed by atoms with Crippen molar-refractivity contribution in [2.75, 3.05) is 11.1 Å². The van der Waals surface area contributed by atoms with Crippen molar-refractivity contribution in [3.05, 3.63) is 48.0 Å². The summed E-state index contributed by atoms with van der Waals surface area (Å²) in [5.41, 5.74) is 0.138. The van der Waals surface area contributed by atoms with E-state index in [1.165, 1.54) is 42.1 Å². The lowest BCUT2D eigenvalue weighted by Crippen LogP contribution is -2.13. The molecule has 2 rings (SSSR count). The number of hydrogen-bond acceptors (Lipinski definition) is 4. The lowest BCUT2D eigenvalue weighted by Gasteiger charge is -2.05. The van der Waals surface area contributed by atoms with Crippen molar-refractivity contribution < 1.29 is 23.5 Å². The molecule has 0 fully saturated rings. The molecule has 0 spiro atoms. The monoisotopic (exact) mass is 309 g/mol. The molecule has 5 nitrogen and oxygen atoms in total. The quantitative estimate of drug-likeness (QED) is 0.801. The Morgan fingerprint density at radius 1 is 1.24 bits per heavy atom. The third-order valence-corrected chi connectivity index (χ3v) is 3.43. The van der Waals surface area contributed by atoms with Gasteiger partial charge in [-0.15, -0.1) is 0 Å². The Bertz CT molecular complexity index is 656. The van der Waals surface area contributed by atoms with Gasteiger partial charge in [-0.25, -0.2) is 9.18 Å². The predicted octanol–water partition coefficient (Wildman–Crippen LogP) is 3.24. The summed E-state index contributed by atoms with van der Waals surface area (Å²) in [6, 6.07) is 8.79. The molecule has 21 heavy (non-hydrogen) atoms. The maximum absolute atomic E-state index is 13.3. The fraction of sp³-hybridized carbons (Fsp3) is 0.143. The largest absolute Gasteiger partial charge is 0.475 e. The molecule has 0 aliphatic heterocycles. The summed E-state index contributed by atoms with van der Waals surface area (Å²) in [6.07, 6.45) is 0.155. The average Bonchev–Trinajstić information content (AvgIpc) is 2.90. The number of rotatable bonds is 6. The molecule has 0 unspecified atom stereocenters. The van der Waals surface area contributed by atoms with Gasteiger partial charge in [0.15, 0.2) is 5.09 Å². The van der Waals surface area contributed by atoms with Crippen LogP contribution in [0.25, 0.3) is 0 Å². The zero-order valence-corrected chi connectivity index (χ0v) is 11.7. The Morgan fingerprint density at radius 3 is 2.67 bits per heavy atom. The van der Waals surface area contributed by atoms with Crippen molar-refractivity contribution in [2.45, 2.75) is 11.5 Å². The van der Waals surface area contributed by atoms with E-state index in [0.29, 0.717) is 10.8 Å². The smallest absolute Gasteiger partial charge is 0.371 e. The van der Waals surface area contributed by atoms with Gasteiger partial charge >= 0.3 is 5.97 Å². The number of aromatic carboxylic acids is 1. The van der Waals surface area contributed by atoms with Gasteiger partial charge in [-0.1, -0.05) is 23.9 Å². The van der Waals surface area contributed by atoms with Gasteiger partial charge in [0, 0.05) is 12.2 Å². The summed E-state index contributed by atoms with van der Waals surface area (Å²) in [6.45, 7) is 0. The SMILES string of the molecule is O=C(CCSc1ccc(C(=O)O)o1)Nc1ccccc1F. The highest BCUT2D eigenvalue weighted by atomic mass is 32.2. The minimum Gasteiger partial charge on any atom is -0.475 e. The highest BCUT2D eigenvalue weighted by Crippen LogP contribution is 2.22. The number of carbonyl (C=O) groups is 2. The van der Waals surface area contributed by atoms with Gasteiger partial charge in [-0.2, -0.15) is 0 Å². The van der Waals surface area contributed by atoms with Crippen molar-refractivity contribution in [3.63, 3.8) is 0 Å². The number of benzene rings is 1. The predicted molar refractivity (Wildman–Crippen MR) is 76.0 cm³/mol. The Balaban J connectivity index is 1.79. The molecule has 0 saturated carbocycles. The minimum absolute atomic E-state index is 0.138. The highest BCUT2D eigenvalue weighted by molar-refractivity contribution is 7.99. The van der Waals surface area contributed by atoms with Crippen molar-refractivity contribution >= 4 is 29.3 Å². The zero-order chi connectivity index (χ0) is 15.2. The number of anilines is 1. The number of amides is 1. The number of thioether (sulfide) groups is 1. The maximum Gasteiger partial charge on any atom is 0.371 e. The van der Waals surface area contributed by atoms with E-state index in [1.54, 1.807) is 6.07 Å². The molecule has 110 valence electrons. The second kappa shape index (κ2) is 6.94. The maximum atomic E-state index is 13.3. The summed E-state index contributed by atoms with van der Waals surface area (Å²) < 4.78 is 18.4. The number of halogens is 1. The van der Waals surface area contributed by atoms with Gasteiger partial charge < -0.3 is 14.8 Å². The first kappa shape index (κ1) is 15.1. The lowest BCUT2D eigenvalue weighted by molar-refractivity contribution is -0.115.